The first-order valence-corrected chi connectivity index (χ1v) is 7.77. The summed E-state index contributed by atoms with van der Waals surface area (Å²) in [6.45, 7) is 0. The van der Waals surface area contributed by atoms with Crippen molar-refractivity contribution in [1.82, 2.24) is 0 Å². The fourth-order valence-corrected chi connectivity index (χ4v) is 3.33. The molecular weight excluding hydrogens is 272 g/mol. The predicted octanol–water partition coefficient (Wildman–Crippen LogP) is 4.27. The minimum atomic E-state index is -0.0832. The number of ketones is 1. The largest absolute Gasteiger partial charge is 0.372 e. The molecule has 0 amide bonds. The standard InChI is InChI=1S/C19H18N2O/c22-17-12-6-11-16-18(17)19(13-7-2-1-3-8-13)21-15-10-5-4-9-14(15)20-16/h1-5,7-10,19-21H,6,11-12H2/t19-/m1/s1. The average molecular weight is 290 g/mol. The molecule has 1 heterocycles. The quantitative estimate of drug-likeness (QED) is 0.824. The molecule has 2 aromatic rings. The first-order valence-electron chi connectivity index (χ1n) is 7.77. The lowest BCUT2D eigenvalue weighted by Gasteiger charge is -2.25. The molecule has 1 aliphatic carbocycles. The SMILES string of the molecule is O=C1CCCC2=C1[C@@H](c1ccccc1)Nc1ccccc1N2. The smallest absolute Gasteiger partial charge is 0.163 e. The Balaban J connectivity index is 1.88. The summed E-state index contributed by atoms with van der Waals surface area (Å²) in [6, 6.07) is 18.3. The van der Waals surface area contributed by atoms with E-state index in [4.69, 9.17) is 0 Å². The maximum Gasteiger partial charge on any atom is 0.163 e. The third-order valence-electron chi connectivity index (χ3n) is 4.39. The van der Waals surface area contributed by atoms with E-state index in [0.29, 0.717) is 6.42 Å². The van der Waals surface area contributed by atoms with Gasteiger partial charge in [0.05, 0.1) is 17.4 Å². The highest BCUT2D eigenvalue weighted by Crippen LogP contribution is 2.40. The molecule has 22 heavy (non-hydrogen) atoms. The highest BCUT2D eigenvalue weighted by atomic mass is 16.1. The molecular formula is C19H18N2O. The maximum absolute atomic E-state index is 12.6. The Morgan fingerprint density at radius 3 is 2.41 bits per heavy atom. The number of nitrogens with one attached hydrogen (secondary N) is 2. The molecule has 1 aliphatic heterocycles. The summed E-state index contributed by atoms with van der Waals surface area (Å²) in [5.41, 5.74) is 5.18. The van der Waals surface area contributed by atoms with E-state index in [-0.39, 0.29) is 11.8 Å². The minimum absolute atomic E-state index is 0.0832. The molecule has 0 unspecified atom stereocenters. The van der Waals surface area contributed by atoms with E-state index in [1.54, 1.807) is 0 Å². The van der Waals surface area contributed by atoms with Crippen LogP contribution < -0.4 is 10.6 Å². The second-order valence-corrected chi connectivity index (χ2v) is 5.83. The van der Waals surface area contributed by atoms with Crippen LogP contribution in [0.1, 0.15) is 30.9 Å². The van der Waals surface area contributed by atoms with E-state index in [1.807, 2.05) is 30.3 Å². The summed E-state index contributed by atoms with van der Waals surface area (Å²) in [7, 11) is 0. The van der Waals surface area contributed by atoms with Crippen LogP contribution in [0.5, 0.6) is 0 Å². The van der Waals surface area contributed by atoms with Gasteiger partial charge in [-0.05, 0) is 30.5 Å². The Morgan fingerprint density at radius 2 is 1.59 bits per heavy atom. The number of carbonyl (C=O) groups excluding carboxylic acids is 1. The number of rotatable bonds is 1. The molecule has 3 heteroatoms. The minimum Gasteiger partial charge on any atom is -0.372 e. The van der Waals surface area contributed by atoms with E-state index in [9.17, 15) is 4.79 Å². The number of para-hydroxylation sites is 2. The van der Waals surface area contributed by atoms with Crippen molar-refractivity contribution in [3.05, 3.63) is 71.4 Å². The molecule has 2 aromatic carbocycles. The van der Waals surface area contributed by atoms with Gasteiger partial charge in [-0.1, -0.05) is 42.5 Å². The molecule has 2 aliphatic rings. The van der Waals surface area contributed by atoms with Crippen molar-refractivity contribution in [1.29, 1.82) is 0 Å². The lowest BCUT2D eigenvalue weighted by molar-refractivity contribution is -0.116. The van der Waals surface area contributed by atoms with E-state index < -0.39 is 0 Å². The Morgan fingerprint density at radius 1 is 0.864 bits per heavy atom. The summed E-state index contributed by atoms with van der Waals surface area (Å²) >= 11 is 0. The monoisotopic (exact) mass is 290 g/mol. The zero-order valence-corrected chi connectivity index (χ0v) is 12.3. The van der Waals surface area contributed by atoms with Gasteiger partial charge in [-0.15, -0.1) is 0 Å². The first-order chi connectivity index (χ1) is 10.8. The Kier molecular flexibility index (Phi) is 3.19. The van der Waals surface area contributed by atoms with Crippen LogP contribution in [0.15, 0.2) is 65.9 Å². The van der Waals surface area contributed by atoms with Crippen molar-refractivity contribution in [3.8, 4) is 0 Å². The molecule has 0 bridgehead atoms. The van der Waals surface area contributed by atoms with Crippen molar-refractivity contribution in [3.63, 3.8) is 0 Å². The predicted molar refractivity (Wildman–Crippen MR) is 88.8 cm³/mol. The third-order valence-corrected chi connectivity index (χ3v) is 4.39. The Bertz CT molecular complexity index is 749. The van der Waals surface area contributed by atoms with E-state index in [0.717, 1.165) is 41.1 Å². The number of hydrogen-bond donors (Lipinski definition) is 2. The van der Waals surface area contributed by atoms with Crippen molar-refractivity contribution in [2.75, 3.05) is 10.6 Å². The van der Waals surface area contributed by atoms with Crippen LogP contribution in [0.2, 0.25) is 0 Å². The fraction of sp³-hybridized carbons (Fsp3) is 0.211. The molecule has 3 nitrogen and oxygen atoms in total. The molecule has 0 saturated carbocycles. The van der Waals surface area contributed by atoms with Gasteiger partial charge in [-0.2, -0.15) is 0 Å². The van der Waals surface area contributed by atoms with Crippen LogP contribution in [0.4, 0.5) is 11.4 Å². The van der Waals surface area contributed by atoms with E-state index in [2.05, 4.69) is 34.9 Å². The molecule has 1 atom stereocenters. The van der Waals surface area contributed by atoms with Gasteiger partial charge in [-0.25, -0.2) is 0 Å². The lowest BCUT2D eigenvalue weighted by atomic mass is 9.87. The molecule has 0 radical (unpaired) electrons. The molecule has 110 valence electrons. The molecule has 0 fully saturated rings. The van der Waals surface area contributed by atoms with Gasteiger partial charge < -0.3 is 10.6 Å². The second-order valence-electron chi connectivity index (χ2n) is 5.83. The number of benzene rings is 2. The van der Waals surface area contributed by atoms with Gasteiger partial charge in [0, 0.05) is 17.7 Å². The summed E-state index contributed by atoms with van der Waals surface area (Å²) in [5.74, 6) is 0.253. The van der Waals surface area contributed by atoms with Crippen LogP contribution in [0.3, 0.4) is 0 Å². The van der Waals surface area contributed by atoms with Gasteiger partial charge in [0.2, 0.25) is 0 Å². The van der Waals surface area contributed by atoms with Gasteiger partial charge in [-0.3, -0.25) is 4.79 Å². The average Bonchev–Trinajstić information content (AvgIpc) is 2.73. The number of allylic oxidation sites excluding steroid dienone is 1. The van der Waals surface area contributed by atoms with Crippen LogP contribution in [-0.2, 0) is 4.79 Å². The number of Topliss-reactive ketones (excluding diaryl/α,β-unsaturated/α-hetero) is 1. The van der Waals surface area contributed by atoms with Crippen molar-refractivity contribution in [2.45, 2.75) is 25.3 Å². The summed E-state index contributed by atoms with van der Waals surface area (Å²) < 4.78 is 0. The topological polar surface area (TPSA) is 41.1 Å². The third kappa shape index (κ3) is 2.19. The highest BCUT2D eigenvalue weighted by Gasteiger charge is 2.31. The van der Waals surface area contributed by atoms with Crippen molar-refractivity contribution < 1.29 is 4.79 Å². The summed E-state index contributed by atoms with van der Waals surface area (Å²) in [5, 5.41) is 7.05. The number of hydrogen-bond acceptors (Lipinski definition) is 3. The number of carbonyl (C=O) groups is 1. The second kappa shape index (κ2) is 5.34. The highest BCUT2D eigenvalue weighted by molar-refractivity contribution is 6.00. The summed E-state index contributed by atoms with van der Waals surface area (Å²) in [6.07, 6.45) is 2.50. The van der Waals surface area contributed by atoms with Gasteiger partial charge >= 0.3 is 0 Å². The normalized spacial score (nSPS) is 20.4. The zero-order chi connectivity index (χ0) is 14.9. The zero-order valence-electron chi connectivity index (χ0n) is 12.3. The maximum atomic E-state index is 12.6. The van der Waals surface area contributed by atoms with Gasteiger partial charge in [0.25, 0.3) is 0 Å². The molecule has 0 spiro atoms. The van der Waals surface area contributed by atoms with Gasteiger partial charge in [0.1, 0.15) is 0 Å². The molecule has 2 N–H and O–H groups in total. The van der Waals surface area contributed by atoms with Crippen LogP contribution in [0, 0.1) is 0 Å². The molecule has 0 aromatic heterocycles. The first kappa shape index (κ1) is 13.1. The fourth-order valence-electron chi connectivity index (χ4n) is 3.33. The van der Waals surface area contributed by atoms with Crippen molar-refractivity contribution in [2.24, 2.45) is 0 Å². The van der Waals surface area contributed by atoms with Crippen LogP contribution in [-0.4, -0.2) is 5.78 Å². The van der Waals surface area contributed by atoms with Crippen LogP contribution in [0.25, 0.3) is 0 Å². The Labute approximate surface area is 130 Å². The Hall–Kier alpha value is -2.55. The molecule has 4 rings (SSSR count). The van der Waals surface area contributed by atoms with Gasteiger partial charge in [0.15, 0.2) is 5.78 Å². The molecule has 0 saturated heterocycles. The van der Waals surface area contributed by atoms with Crippen LogP contribution >= 0.6 is 0 Å². The lowest BCUT2D eigenvalue weighted by Crippen LogP contribution is -2.23. The number of fused-ring (bicyclic) bond motifs is 1. The summed E-state index contributed by atoms with van der Waals surface area (Å²) in [4.78, 5) is 12.6. The van der Waals surface area contributed by atoms with Crippen molar-refractivity contribution >= 4 is 17.2 Å². The number of anilines is 2. The van der Waals surface area contributed by atoms with E-state index in [1.165, 1.54) is 0 Å². The van der Waals surface area contributed by atoms with E-state index >= 15 is 0 Å².